The Kier molecular flexibility index (Phi) is 2.74. The number of hydrogen-bond donors (Lipinski definition) is 1. The summed E-state index contributed by atoms with van der Waals surface area (Å²) in [7, 11) is 0. The molecule has 1 atom stereocenters. The van der Waals surface area contributed by atoms with Crippen LogP contribution in [0.25, 0.3) is 0 Å². The van der Waals surface area contributed by atoms with Crippen LogP contribution in [0.1, 0.15) is 23.3 Å². The van der Waals surface area contributed by atoms with E-state index in [0.717, 1.165) is 0 Å². The molecule has 1 saturated heterocycles. The molecule has 1 aromatic rings. The van der Waals surface area contributed by atoms with E-state index in [0.29, 0.717) is 36.7 Å². The summed E-state index contributed by atoms with van der Waals surface area (Å²) >= 11 is 0. The summed E-state index contributed by atoms with van der Waals surface area (Å²) in [6, 6.07) is 2.93. The van der Waals surface area contributed by atoms with E-state index in [1.54, 1.807) is 6.07 Å². The van der Waals surface area contributed by atoms with Crippen molar-refractivity contribution in [3.8, 4) is 5.75 Å². The van der Waals surface area contributed by atoms with Gasteiger partial charge in [-0.3, -0.25) is 0 Å². The van der Waals surface area contributed by atoms with Gasteiger partial charge in [0.15, 0.2) is 6.29 Å². The number of hydrogen-bond acceptors (Lipinski definition) is 4. The Labute approximate surface area is 97.9 Å². The number of fused-ring (bicyclic) bond motifs is 1. The summed E-state index contributed by atoms with van der Waals surface area (Å²) < 4.78 is 30.0. The van der Waals surface area contributed by atoms with Crippen LogP contribution in [0.4, 0.5) is 4.39 Å². The molecule has 2 aliphatic heterocycles. The lowest BCUT2D eigenvalue weighted by molar-refractivity contribution is -0.0472. The molecule has 1 N–H and O–H groups in total. The SMILES string of the molecule is OCC1COc2ccc(F)c(C3OCCO3)c21. The van der Waals surface area contributed by atoms with Crippen LogP contribution >= 0.6 is 0 Å². The van der Waals surface area contributed by atoms with Crippen molar-refractivity contribution in [1.29, 1.82) is 0 Å². The highest BCUT2D eigenvalue weighted by molar-refractivity contribution is 5.47. The second-order valence-corrected chi connectivity index (χ2v) is 4.14. The zero-order chi connectivity index (χ0) is 11.8. The van der Waals surface area contributed by atoms with Gasteiger partial charge in [0.25, 0.3) is 0 Å². The first-order chi connectivity index (χ1) is 8.31. The number of aliphatic hydroxyl groups is 1. The zero-order valence-corrected chi connectivity index (χ0v) is 9.19. The molecule has 5 heteroatoms. The zero-order valence-electron chi connectivity index (χ0n) is 9.19. The molecule has 1 aromatic carbocycles. The number of benzene rings is 1. The van der Waals surface area contributed by atoms with Gasteiger partial charge in [-0.1, -0.05) is 0 Å². The highest BCUT2D eigenvalue weighted by atomic mass is 19.1. The first-order valence-corrected chi connectivity index (χ1v) is 5.60. The summed E-state index contributed by atoms with van der Waals surface area (Å²) in [6.45, 7) is 1.21. The van der Waals surface area contributed by atoms with Crippen LogP contribution in [-0.2, 0) is 9.47 Å². The van der Waals surface area contributed by atoms with Crippen LogP contribution < -0.4 is 4.74 Å². The Morgan fingerprint density at radius 3 is 2.71 bits per heavy atom. The fourth-order valence-corrected chi connectivity index (χ4v) is 2.32. The van der Waals surface area contributed by atoms with E-state index in [-0.39, 0.29) is 18.3 Å². The van der Waals surface area contributed by atoms with Gasteiger partial charge < -0.3 is 19.3 Å². The number of aliphatic hydroxyl groups excluding tert-OH is 1. The molecule has 3 rings (SSSR count). The minimum absolute atomic E-state index is 0.0732. The van der Waals surface area contributed by atoms with Crippen LogP contribution in [0.3, 0.4) is 0 Å². The van der Waals surface area contributed by atoms with Gasteiger partial charge in [-0.2, -0.15) is 0 Å². The van der Waals surface area contributed by atoms with Crippen molar-refractivity contribution in [1.82, 2.24) is 0 Å². The molecular formula is C12H13FO4. The molecule has 1 fully saturated rings. The van der Waals surface area contributed by atoms with Crippen molar-refractivity contribution < 1.29 is 23.7 Å². The van der Waals surface area contributed by atoms with Crippen LogP contribution in [0.5, 0.6) is 5.75 Å². The van der Waals surface area contributed by atoms with E-state index in [1.807, 2.05) is 0 Å². The van der Waals surface area contributed by atoms with Crippen LogP contribution in [0, 0.1) is 5.82 Å². The third kappa shape index (κ3) is 1.71. The predicted molar refractivity (Wildman–Crippen MR) is 56.4 cm³/mol. The molecule has 0 bridgehead atoms. The molecule has 2 aliphatic rings. The first-order valence-electron chi connectivity index (χ1n) is 5.60. The molecule has 0 aromatic heterocycles. The fourth-order valence-electron chi connectivity index (χ4n) is 2.32. The van der Waals surface area contributed by atoms with Crippen molar-refractivity contribution >= 4 is 0 Å². The maximum Gasteiger partial charge on any atom is 0.187 e. The lowest BCUT2D eigenvalue weighted by Gasteiger charge is -2.16. The Balaban J connectivity index is 2.09. The molecule has 17 heavy (non-hydrogen) atoms. The van der Waals surface area contributed by atoms with E-state index in [4.69, 9.17) is 14.2 Å². The largest absolute Gasteiger partial charge is 0.493 e. The van der Waals surface area contributed by atoms with E-state index in [1.165, 1.54) is 6.07 Å². The summed E-state index contributed by atoms with van der Waals surface area (Å²) in [5.74, 6) is 0.0302. The third-order valence-corrected chi connectivity index (χ3v) is 3.12. The van der Waals surface area contributed by atoms with Gasteiger partial charge in [-0.05, 0) is 12.1 Å². The topological polar surface area (TPSA) is 47.9 Å². The number of halogens is 1. The van der Waals surface area contributed by atoms with Crippen molar-refractivity contribution in [3.63, 3.8) is 0 Å². The highest BCUT2D eigenvalue weighted by Crippen LogP contribution is 2.42. The summed E-state index contributed by atoms with van der Waals surface area (Å²) in [5, 5.41) is 9.29. The molecule has 4 nitrogen and oxygen atoms in total. The molecule has 0 amide bonds. The maximum atomic E-state index is 13.9. The van der Waals surface area contributed by atoms with Crippen molar-refractivity contribution in [2.24, 2.45) is 0 Å². The van der Waals surface area contributed by atoms with Gasteiger partial charge in [0.1, 0.15) is 11.6 Å². The molecule has 0 aliphatic carbocycles. The Bertz CT molecular complexity index is 429. The maximum absolute atomic E-state index is 13.9. The van der Waals surface area contributed by atoms with E-state index in [2.05, 4.69) is 0 Å². The molecule has 1 unspecified atom stereocenters. The second-order valence-electron chi connectivity index (χ2n) is 4.14. The van der Waals surface area contributed by atoms with E-state index < -0.39 is 6.29 Å². The Morgan fingerprint density at radius 2 is 2.00 bits per heavy atom. The molecule has 92 valence electrons. The highest BCUT2D eigenvalue weighted by Gasteiger charge is 2.34. The average Bonchev–Trinajstić information content (AvgIpc) is 2.96. The van der Waals surface area contributed by atoms with Crippen LogP contribution in [-0.4, -0.2) is 31.5 Å². The lowest BCUT2D eigenvalue weighted by atomic mass is 9.95. The van der Waals surface area contributed by atoms with E-state index in [9.17, 15) is 9.50 Å². The first kappa shape index (κ1) is 11.0. The summed E-state index contributed by atoms with van der Waals surface area (Å²) in [4.78, 5) is 0. The lowest BCUT2D eigenvalue weighted by Crippen LogP contribution is -2.11. The summed E-state index contributed by atoms with van der Waals surface area (Å²) in [5.41, 5.74) is 1.05. The van der Waals surface area contributed by atoms with Crippen LogP contribution in [0.15, 0.2) is 12.1 Å². The monoisotopic (exact) mass is 240 g/mol. The fraction of sp³-hybridized carbons (Fsp3) is 0.500. The molecule has 0 spiro atoms. The normalized spacial score (nSPS) is 23.8. The van der Waals surface area contributed by atoms with Crippen LogP contribution in [0.2, 0.25) is 0 Å². The quantitative estimate of drug-likeness (QED) is 0.847. The van der Waals surface area contributed by atoms with Gasteiger partial charge in [0.05, 0.1) is 32.0 Å². The van der Waals surface area contributed by atoms with Gasteiger partial charge >= 0.3 is 0 Å². The predicted octanol–water partition coefficient (Wildman–Crippen LogP) is 1.34. The van der Waals surface area contributed by atoms with Crippen molar-refractivity contribution in [2.45, 2.75) is 12.2 Å². The second kappa shape index (κ2) is 4.25. The van der Waals surface area contributed by atoms with Gasteiger partial charge in [-0.25, -0.2) is 4.39 Å². The van der Waals surface area contributed by atoms with Crippen molar-refractivity contribution in [3.05, 3.63) is 29.1 Å². The van der Waals surface area contributed by atoms with Gasteiger partial charge in [-0.15, -0.1) is 0 Å². The minimum atomic E-state index is -0.680. The Morgan fingerprint density at radius 1 is 1.24 bits per heavy atom. The molecular weight excluding hydrogens is 227 g/mol. The van der Waals surface area contributed by atoms with Gasteiger partial charge in [0.2, 0.25) is 0 Å². The van der Waals surface area contributed by atoms with Gasteiger partial charge in [0, 0.05) is 11.5 Å². The number of rotatable bonds is 2. The standard InChI is InChI=1S/C12H13FO4/c13-8-1-2-9-10(7(5-14)6-17-9)11(8)12-15-3-4-16-12/h1-2,7,12,14H,3-6H2. The molecule has 2 heterocycles. The third-order valence-electron chi connectivity index (χ3n) is 3.12. The van der Waals surface area contributed by atoms with Crippen molar-refractivity contribution in [2.75, 3.05) is 26.4 Å². The summed E-state index contributed by atoms with van der Waals surface area (Å²) in [6.07, 6.45) is -0.680. The number of ether oxygens (including phenoxy) is 3. The minimum Gasteiger partial charge on any atom is -0.493 e. The average molecular weight is 240 g/mol. The molecule has 0 saturated carbocycles. The van der Waals surface area contributed by atoms with E-state index >= 15 is 0 Å². The molecule has 0 radical (unpaired) electrons. The smallest absolute Gasteiger partial charge is 0.187 e. The Hall–Kier alpha value is -1.17.